The zero-order valence-electron chi connectivity index (χ0n) is 4.90. The average Bonchev–Trinajstić information content (AvgIpc) is 1.59. The van der Waals surface area contributed by atoms with Gasteiger partial charge in [-0.2, -0.15) is 0 Å². The molecule has 48 valence electrons. The predicted octanol–water partition coefficient (Wildman–Crippen LogP) is -0.999. The molecule has 5 nitrogen and oxygen atoms in total. The van der Waals surface area contributed by atoms with Gasteiger partial charge in [-0.05, 0) is 6.92 Å². The quantitative estimate of drug-likeness (QED) is 0.357. The van der Waals surface area contributed by atoms with E-state index in [-0.39, 0.29) is 5.95 Å². The molecule has 1 rings (SSSR count). The van der Waals surface area contributed by atoms with Crippen LogP contribution >= 0.6 is 0 Å². The number of hydrogen-bond donors (Lipinski definition) is 1. The standard InChI is InChI=1S/C4H6N4O/c1-3-2-8(9)7-4(5)6-3/h2H,1H3,(H2,5,6,7). The number of nitrogens with zero attached hydrogens (tertiary/aromatic N) is 3. The fourth-order valence-electron chi connectivity index (χ4n) is 0.522. The van der Waals surface area contributed by atoms with E-state index in [0.29, 0.717) is 10.5 Å². The van der Waals surface area contributed by atoms with Crippen molar-refractivity contribution in [2.75, 3.05) is 5.73 Å². The molecule has 1 aromatic heterocycles. The van der Waals surface area contributed by atoms with E-state index in [1.54, 1.807) is 6.92 Å². The highest BCUT2D eigenvalue weighted by atomic mass is 16.5. The highest BCUT2D eigenvalue weighted by Gasteiger charge is 1.96. The molecule has 0 unspecified atom stereocenters. The van der Waals surface area contributed by atoms with Crippen LogP contribution in [0.25, 0.3) is 0 Å². The second kappa shape index (κ2) is 1.85. The molecule has 1 heterocycles. The Morgan fingerprint density at radius 1 is 1.78 bits per heavy atom. The SMILES string of the molecule is Cc1c[n+]([O-])nc(N)n1. The number of anilines is 1. The van der Waals surface area contributed by atoms with Crippen LogP contribution < -0.4 is 10.6 Å². The van der Waals surface area contributed by atoms with Crippen LogP contribution in [0, 0.1) is 12.1 Å². The van der Waals surface area contributed by atoms with Crippen molar-refractivity contribution in [2.24, 2.45) is 0 Å². The molecule has 0 bridgehead atoms. The largest absolute Gasteiger partial charge is 0.594 e. The normalized spacial score (nSPS) is 9.44. The first-order valence-corrected chi connectivity index (χ1v) is 2.39. The Labute approximate surface area is 51.7 Å². The summed E-state index contributed by atoms with van der Waals surface area (Å²) in [6.07, 6.45) is 1.25. The smallest absolute Gasteiger partial charge is 0.287 e. The lowest BCUT2D eigenvalue weighted by Crippen LogP contribution is -2.32. The van der Waals surface area contributed by atoms with E-state index in [9.17, 15) is 5.21 Å². The lowest BCUT2D eigenvalue weighted by atomic mass is 10.5. The lowest BCUT2D eigenvalue weighted by molar-refractivity contribution is -0.668. The van der Waals surface area contributed by atoms with E-state index in [1.807, 2.05) is 0 Å². The van der Waals surface area contributed by atoms with Gasteiger partial charge in [0, 0.05) is 0 Å². The first-order valence-electron chi connectivity index (χ1n) is 2.39. The van der Waals surface area contributed by atoms with Gasteiger partial charge in [-0.15, -0.1) is 0 Å². The molecule has 9 heavy (non-hydrogen) atoms. The summed E-state index contributed by atoms with van der Waals surface area (Å²) in [6.45, 7) is 1.67. The number of aromatic nitrogens is 3. The average molecular weight is 126 g/mol. The van der Waals surface area contributed by atoms with Crippen molar-refractivity contribution >= 4 is 5.95 Å². The van der Waals surface area contributed by atoms with E-state index < -0.39 is 0 Å². The minimum atomic E-state index is 0.00463. The summed E-state index contributed by atoms with van der Waals surface area (Å²) in [6, 6.07) is 0. The van der Waals surface area contributed by atoms with Crippen LogP contribution in [-0.2, 0) is 0 Å². The predicted molar refractivity (Wildman–Crippen MR) is 30.1 cm³/mol. The number of nitrogen functional groups attached to an aromatic ring is 1. The van der Waals surface area contributed by atoms with Gasteiger partial charge in [-0.3, -0.25) is 0 Å². The second-order valence-corrected chi connectivity index (χ2v) is 1.64. The van der Waals surface area contributed by atoms with Crippen LogP contribution in [0.3, 0.4) is 0 Å². The molecule has 1 aromatic rings. The van der Waals surface area contributed by atoms with Crippen LogP contribution in [0.4, 0.5) is 5.95 Å². The third kappa shape index (κ3) is 1.25. The molecule has 0 aliphatic heterocycles. The fraction of sp³-hybridized carbons (Fsp3) is 0.250. The maximum atomic E-state index is 10.4. The monoisotopic (exact) mass is 126 g/mol. The number of hydrogen-bond acceptors (Lipinski definition) is 4. The maximum Gasteiger partial charge on any atom is 0.287 e. The summed E-state index contributed by atoms with van der Waals surface area (Å²) in [4.78, 5) is 4.07. The molecule has 2 N–H and O–H groups in total. The van der Waals surface area contributed by atoms with Crippen LogP contribution in [0.2, 0.25) is 0 Å². The summed E-state index contributed by atoms with van der Waals surface area (Å²) >= 11 is 0. The molecular weight excluding hydrogens is 120 g/mol. The highest BCUT2D eigenvalue weighted by molar-refractivity contribution is 5.10. The third-order valence-corrected chi connectivity index (χ3v) is 0.789. The van der Waals surface area contributed by atoms with Gasteiger partial charge in [0.15, 0.2) is 0 Å². The van der Waals surface area contributed by atoms with E-state index in [4.69, 9.17) is 5.73 Å². The van der Waals surface area contributed by atoms with Gasteiger partial charge in [0.05, 0.1) is 5.10 Å². The fourth-order valence-corrected chi connectivity index (χ4v) is 0.522. The molecule has 0 atom stereocenters. The van der Waals surface area contributed by atoms with Crippen molar-refractivity contribution in [1.82, 2.24) is 10.1 Å². The third-order valence-electron chi connectivity index (χ3n) is 0.789. The Morgan fingerprint density at radius 2 is 2.44 bits per heavy atom. The Bertz CT molecular complexity index is 173. The summed E-state index contributed by atoms with van der Waals surface area (Å²) in [5.74, 6) is 0.00463. The van der Waals surface area contributed by atoms with Gasteiger partial charge >= 0.3 is 0 Å². The molecule has 0 radical (unpaired) electrons. The Morgan fingerprint density at radius 3 is 2.89 bits per heavy atom. The summed E-state index contributed by atoms with van der Waals surface area (Å²) in [5, 5.41) is 13.7. The van der Waals surface area contributed by atoms with Crippen LogP contribution in [-0.4, -0.2) is 10.1 Å². The van der Waals surface area contributed by atoms with Gasteiger partial charge in [-0.1, -0.05) is 4.85 Å². The molecule has 0 aliphatic rings. The van der Waals surface area contributed by atoms with Gasteiger partial charge in [0.25, 0.3) is 5.95 Å². The van der Waals surface area contributed by atoms with E-state index in [0.717, 1.165) is 0 Å². The summed E-state index contributed by atoms with van der Waals surface area (Å²) in [7, 11) is 0. The van der Waals surface area contributed by atoms with Crippen molar-refractivity contribution in [1.29, 1.82) is 0 Å². The summed E-state index contributed by atoms with van der Waals surface area (Å²) in [5.41, 5.74) is 5.68. The van der Waals surface area contributed by atoms with Gasteiger partial charge in [0.1, 0.15) is 5.69 Å². The van der Waals surface area contributed by atoms with Gasteiger partial charge in [0.2, 0.25) is 6.20 Å². The Hall–Kier alpha value is -1.39. The summed E-state index contributed by atoms with van der Waals surface area (Å²) < 4.78 is 0. The van der Waals surface area contributed by atoms with Crippen molar-refractivity contribution in [3.63, 3.8) is 0 Å². The molecule has 0 spiro atoms. The van der Waals surface area contributed by atoms with Crippen LogP contribution in [0.1, 0.15) is 5.69 Å². The Balaban J connectivity index is 3.17. The maximum absolute atomic E-state index is 10.4. The number of rotatable bonds is 0. The minimum absolute atomic E-state index is 0.00463. The number of aryl methyl sites for hydroxylation is 1. The van der Waals surface area contributed by atoms with Gasteiger partial charge < -0.3 is 10.9 Å². The lowest BCUT2D eigenvalue weighted by Gasteiger charge is -1.92. The minimum Gasteiger partial charge on any atom is -0.594 e. The van der Waals surface area contributed by atoms with E-state index in [2.05, 4.69) is 10.1 Å². The Kier molecular flexibility index (Phi) is 1.18. The van der Waals surface area contributed by atoms with Gasteiger partial charge in [-0.25, -0.2) is 4.98 Å². The highest BCUT2D eigenvalue weighted by Crippen LogP contribution is 1.86. The first kappa shape index (κ1) is 5.74. The van der Waals surface area contributed by atoms with E-state index in [1.165, 1.54) is 6.20 Å². The zero-order chi connectivity index (χ0) is 6.85. The topological polar surface area (TPSA) is 78.7 Å². The molecule has 0 saturated carbocycles. The molecule has 0 fully saturated rings. The molecule has 5 heteroatoms. The molecule has 0 aliphatic carbocycles. The van der Waals surface area contributed by atoms with Crippen molar-refractivity contribution in [3.05, 3.63) is 17.1 Å². The molecule has 0 saturated heterocycles. The van der Waals surface area contributed by atoms with Crippen molar-refractivity contribution < 1.29 is 4.85 Å². The second-order valence-electron chi connectivity index (χ2n) is 1.64. The number of nitrogens with two attached hydrogens (primary N) is 1. The van der Waals surface area contributed by atoms with Crippen LogP contribution in [0.15, 0.2) is 6.20 Å². The van der Waals surface area contributed by atoms with Crippen molar-refractivity contribution in [3.8, 4) is 0 Å². The molecule has 0 amide bonds. The van der Waals surface area contributed by atoms with Crippen LogP contribution in [0.5, 0.6) is 0 Å². The van der Waals surface area contributed by atoms with Crippen molar-refractivity contribution in [2.45, 2.75) is 6.92 Å². The molecule has 0 aromatic carbocycles. The first-order chi connectivity index (χ1) is 4.18. The zero-order valence-corrected chi connectivity index (χ0v) is 4.90. The van der Waals surface area contributed by atoms with E-state index >= 15 is 0 Å². The molecular formula is C4H6N4O.